The molecule has 0 bridgehead atoms. The van der Waals surface area contributed by atoms with Gasteiger partial charge in [-0.2, -0.15) is 0 Å². The van der Waals surface area contributed by atoms with Crippen molar-refractivity contribution in [3.05, 3.63) is 57.5 Å². The number of hydrogen-bond donors (Lipinski definition) is 1. The summed E-state index contributed by atoms with van der Waals surface area (Å²) < 4.78 is 19.8. The topological polar surface area (TPSA) is 94.4 Å². The molecule has 2 aromatic rings. The number of carbonyl (C=O) groups excluding carboxylic acids is 1. The number of ether oxygens (including phenoxy) is 1. The van der Waals surface area contributed by atoms with Crippen LogP contribution in [0.15, 0.2) is 30.5 Å². The van der Waals surface area contributed by atoms with Gasteiger partial charge in [-0.05, 0) is 43.9 Å². The van der Waals surface area contributed by atoms with Gasteiger partial charge in [0.2, 0.25) is 0 Å². The lowest BCUT2D eigenvalue weighted by Crippen LogP contribution is -2.18. The molecule has 1 N–H and O–H groups in total. The third-order valence-electron chi connectivity index (χ3n) is 4.98. The lowest BCUT2D eigenvalue weighted by atomic mass is 9.90. The average Bonchev–Trinajstić information content (AvgIpc) is 2.69. The van der Waals surface area contributed by atoms with E-state index in [2.05, 4.69) is 10.3 Å². The van der Waals surface area contributed by atoms with E-state index in [1.54, 1.807) is 12.1 Å². The van der Waals surface area contributed by atoms with Crippen LogP contribution in [0.1, 0.15) is 48.0 Å². The number of pyridine rings is 1. The third kappa shape index (κ3) is 4.62. The van der Waals surface area contributed by atoms with Gasteiger partial charge in [-0.15, -0.1) is 0 Å². The Morgan fingerprint density at radius 1 is 1.36 bits per heavy atom. The fourth-order valence-electron chi connectivity index (χ4n) is 3.33. The lowest BCUT2D eigenvalue weighted by Gasteiger charge is -2.22. The molecule has 1 aromatic heterocycles. The van der Waals surface area contributed by atoms with E-state index in [0.717, 1.165) is 25.0 Å². The Morgan fingerprint density at radius 2 is 2.11 bits per heavy atom. The number of rotatable bonds is 6. The van der Waals surface area contributed by atoms with E-state index in [1.165, 1.54) is 32.4 Å². The van der Waals surface area contributed by atoms with E-state index in [1.807, 2.05) is 0 Å². The van der Waals surface area contributed by atoms with Crippen molar-refractivity contribution in [2.45, 2.75) is 39.0 Å². The summed E-state index contributed by atoms with van der Waals surface area (Å²) in [4.78, 5) is 27.0. The van der Waals surface area contributed by atoms with Crippen LogP contribution in [0.4, 0.5) is 15.9 Å². The van der Waals surface area contributed by atoms with E-state index in [0.29, 0.717) is 18.3 Å². The second-order valence-electron chi connectivity index (χ2n) is 6.98. The molecule has 1 aromatic carbocycles. The summed E-state index contributed by atoms with van der Waals surface area (Å²) in [5.74, 6) is -0.404. The van der Waals surface area contributed by atoms with Gasteiger partial charge in [0.25, 0.3) is 11.6 Å². The van der Waals surface area contributed by atoms with Gasteiger partial charge < -0.3 is 10.1 Å². The summed E-state index contributed by atoms with van der Waals surface area (Å²) >= 11 is 0. The standard InChI is InChI=1S/C20H22FN3O4/c1-13-16(21)10-15(11-17(13)24(26)27)20(25)23-19-18(8-5-9-22-19)28-12-14-6-3-2-4-7-14/h5,8-11,14H,2-4,6-7,12H2,1H3,(H,22,23,25). The van der Waals surface area contributed by atoms with Gasteiger partial charge >= 0.3 is 0 Å². The normalized spacial score (nSPS) is 14.5. The SMILES string of the molecule is Cc1c(F)cc(C(=O)Nc2ncccc2OCC2CCCCC2)cc1[N+](=O)[O-]. The van der Waals surface area contributed by atoms with Crippen LogP contribution in [0.3, 0.4) is 0 Å². The highest BCUT2D eigenvalue weighted by Gasteiger charge is 2.21. The van der Waals surface area contributed by atoms with E-state index < -0.39 is 22.3 Å². The van der Waals surface area contributed by atoms with Gasteiger partial charge in [-0.1, -0.05) is 19.3 Å². The van der Waals surface area contributed by atoms with Crippen molar-refractivity contribution in [1.82, 2.24) is 4.98 Å². The Kier molecular flexibility index (Phi) is 6.18. The fraction of sp³-hybridized carbons (Fsp3) is 0.400. The molecule has 0 unspecified atom stereocenters. The van der Waals surface area contributed by atoms with E-state index >= 15 is 0 Å². The fourth-order valence-corrected chi connectivity index (χ4v) is 3.33. The number of anilines is 1. The van der Waals surface area contributed by atoms with Crippen LogP contribution in [-0.2, 0) is 0 Å². The van der Waals surface area contributed by atoms with Gasteiger partial charge in [0.05, 0.1) is 17.1 Å². The number of carbonyl (C=O) groups is 1. The van der Waals surface area contributed by atoms with Gasteiger partial charge in [0, 0.05) is 17.8 Å². The third-order valence-corrected chi connectivity index (χ3v) is 4.98. The molecule has 1 heterocycles. The Labute approximate surface area is 162 Å². The van der Waals surface area contributed by atoms with Crippen LogP contribution < -0.4 is 10.1 Å². The molecule has 0 atom stereocenters. The molecule has 3 rings (SSSR count). The summed E-state index contributed by atoms with van der Waals surface area (Å²) in [5, 5.41) is 13.6. The van der Waals surface area contributed by atoms with Crippen molar-refractivity contribution in [2.24, 2.45) is 5.92 Å². The molecule has 28 heavy (non-hydrogen) atoms. The second-order valence-corrected chi connectivity index (χ2v) is 6.98. The molecule has 0 spiro atoms. The largest absolute Gasteiger partial charge is 0.489 e. The number of aromatic nitrogens is 1. The number of nitrogens with zero attached hydrogens (tertiary/aromatic N) is 2. The zero-order valence-electron chi connectivity index (χ0n) is 15.6. The van der Waals surface area contributed by atoms with Crippen LogP contribution >= 0.6 is 0 Å². The molecule has 0 radical (unpaired) electrons. The zero-order chi connectivity index (χ0) is 20.1. The predicted molar refractivity (Wildman–Crippen MR) is 102 cm³/mol. The van der Waals surface area contributed by atoms with Crippen molar-refractivity contribution in [3.8, 4) is 5.75 Å². The molecule has 1 amide bonds. The maximum absolute atomic E-state index is 14.0. The minimum atomic E-state index is -0.811. The Balaban J connectivity index is 1.75. The monoisotopic (exact) mass is 387 g/mol. The number of nitrogens with one attached hydrogen (secondary N) is 1. The number of nitro benzene ring substituents is 1. The van der Waals surface area contributed by atoms with E-state index in [4.69, 9.17) is 4.74 Å². The molecule has 1 saturated carbocycles. The van der Waals surface area contributed by atoms with Crippen molar-refractivity contribution in [3.63, 3.8) is 0 Å². The van der Waals surface area contributed by atoms with Crippen LogP contribution in [0, 0.1) is 28.8 Å². The first-order valence-electron chi connectivity index (χ1n) is 9.29. The Morgan fingerprint density at radius 3 is 2.82 bits per heavy atom. The van der Waals surface area contributed by atoms with Gasteiger partial charge in [0.1, 0.15) is 5.82 Å². The van der Waals surface area contributed by atoms with Crippen LogP contribution in [0.2, 0.25) is 0 Å². The van der Waals surface area contributed by atoms with Crippen molar-refractivity contribution in [1.29, 1.82) is 0 Å². The molecule has 7 nitrogen and oxygen atoms in total. The molecular weight excluding hydrogens is 365 g/mol. The smallest absolute Gasteiger partial charge is 0.276 e. The number of halogens is 1. The predicted octanol–water partition coefficient (Wildman–Crippen LogP) is 4.65. The Hall–Kier alpha value is -3.03. The summed E-state index contributed by atoms with van der Waals surface area (Å²) in [6.07, 6.45) is 7.39. The van der Waals surface area contributed by atoms with Crippen LogP contribution in [0.5, 0.6) is 5.75 Å². The van der Waals surface area contributed by atoms with E-state index in [-0.39, 0.29) is 16.9 Å². The first kappa shape index (κ1) is 19.7. The molecule has 8 heteroatoms. The first-order chi connectivity index (χ1) is 13.5. The van der Waals surface area contributed by atoms with Crippen molar-refractivity contribution >= 4 is 17.4 Å². The molecule has 0 saturated heterocycles. The van der Waals surface area contributed by atoms with Crippen molar-refractivity contribution in [2.75, 3.05) is 11.9 Å². The van der Waals surface area contributed by atoms with Crippen LogP contribution in [-0.4, -0.2) is 22.4 Å². The maximum Gasteiger partial charge on any atom is 0.276 e. The maximum atomic E-state index is 14.0. The zero-order valence-corrected chi connectivity index (χ0v) is 15.6. The van der Waals surface area contributed by atoms with Gasteiger partial charge in [0.15, 0.2) is 11.6 Å². The first-order valence-corrected chi connectivity index (χ1v) is 9.29. The highest BCUT2D eigenvalue weighted by Crippen LogP contribution is 2.28. The summed E-state index contributed by atoms with van der Waals surface area (Å²) in [5.41, 5.74) is -0.713. The molecule has 1 aliphatic carbocycles. The van der Waals surface area contributed by atoms with Gasteiger partial charge in [-0.25, -0.2) is 9.37 Å². The second kappa shape index (κ2) is 8.77. The molecular formula is C20H22FN3O4. The number of nitro groups is 1. The summed E-state index contributed by atoms with van der Waals surface area (Å²) in [6, 6.07) is 5.42. The average molecular weight is 387 g/mol. The van der Waals surface area contributed by atoms with E-state index in [9.17, 15) is 19.3 Å². The molecule has 1 fully saturated rings. The number of hydrogen-bond acceptors (Lipinski definition) is 5. The molecule has 1 aliphatic rings. The lowest BCUT2D eigenvalue weighted by molar-refractivity contribution is -0.385. The quantitative estimate of drug-likeness (QED) is 0.575. The summed E-state index contributed by atoms with van der Waals surface area (Å²) in [6.45, 7) is 1.84. The highest BCUT2D eigenvalue weighted by molar-refractivity contribution is 6.04. The minimum absolute atomic E-state index is 0.115. The summed E-state index contributed by atoms with van der Waals surface area (Å²) in [7, 11) is 0. The molecule has 0 aliphatic heterocycles. The minimum Gasteiger partial charge on any atom is -0.489 e. The van der Waals surface area contributed by atoms with Crippen molar-refractivity contribution < 1.29 is 18.8 Å². The Bertz CT molecular complexity index is 882. The van der Waals surface area contributed by atoms with Crippen LogP contribution in [0.25, 0.3) is 0 Å². The highest BCUT2D eigenvalue weighted by atomic mass is 19.1. The van der Waals surface area contributed by atoms with Gasteiger partial charge in [-0.3, -0.25) is 14.9 Å². The number of amides is 1. The molecule has 148 valence electrons. The number of benzene rings is 1.